The molecule has 1 aliphatic heterocycles. The number of carbonyl (C=O) groups excluding carboxylic acids is 1. The van der Waals surface area contributed by atoms with Crippen LogP contribution in [0.2, 0.25) is 0 Å². The van der Waals surface area contributed by atoms with E-state index in [4.69, 9.17) is 10.2 Å². The topological polar surface area (TPSA) is 44.2 Å². The van der Waals surface area contributed by atoms with Gasteiger partial charge in [-0.15, -0.1) is 0 Å². The van der Waals surface area contributed by atoms with Crippen LogP contribution in [0.3, 0.4) is 0 Å². The zero-order valence-corrected chi connectivity index (χ0v) is 10.1. The van der Waals surface area contributed by atoms with Gasteiger partial charge in [0.05, 0.1) is 0 Å². The van der Waals surface area contributed by atoms with Gasteiger partial charge in [0.1, 0.15) is 12.1 Å². The first kappa shape index (κ1) is 12.7. The zero-order chi connectivity index (χ0) is 12.1. The normalized spacial score (nSPS) is 20.6. The van der Waals surface area contributed by atoms with Crippen molar-refractivity contribution < 1.29 is 4.79 Å². The van der Waals surface area contributed by atoms with E-state index in [1.54, 1.807) is 0 Å². The third-order valence-corrected chi connectivity index (χ3v) is 3.00. The van der Waals surface area contributed by atoms with Crippen molar-refractivity contribution in [3.8, 4) is 0 Å². The van der Waals surface area contributed by atoms with Gasteiger partial charge in [-0.3, -0.25) is 5.41 Å². The lowest BCUT2D eigenvalue weighted by atomic mass is 10.2. The second-order valence-corrected chi connectivity index (χ2v) is 4.20. The van der Waals surface area contributed by atoms with Crippen LogP contribution >= 0.6 is 0 Å². The fraction of sp³-hybridized carbons (Fsp3) is 0.538. The Kier molecular flexibility index (Phi) is 4.47. The molecule has 1 saturated carbocycles. The first-order valence-electron chi connectivity index (χ1n) is 5.77. The molecule has 0 bridgehead atoms. The monoisotopic (exact) mass is 220 g/mol. The number of aldehydes is 1. The summed E-state index contributed by atoms with van der Waals surface area (Å²) in [7, 11) is 0. The van der Waals surface area contributed by atoms with Crippen molar-refractivity contribution in [2.24, 2.45) is 0 Å². The van der Waals surface area contributed by atoms with Gasteiger partial charge in [-0.05, 0) is 32.8 Å². The van der Waals surface area contributed by atoms with Crippen molar-refractivity contribution >= 4 is 12.1 Å². The summed E-state index contributed by atoms with van der Waals surface area (Å²) in [4.78, 5) is 11.0. The van der Waals surface area contributed by atoms with E-state index in [2.05, 4.69) is 18.4 Å². The smallest absolute Gasteiger partial charge is 0.132 e. The quantitative estimate of drug-likeness (QED) is 0.690. The molecule has 0 unspecified atom stereocenters. The van der Waals surface area contributed by atoms with Crippen molar-refractivity contribution in [3.05, 3.63) is 23.9 Å². The molecule has 0 aromatic heterocycles. The summed E-state index contributed by atoms with van der Waals surface area (Å²) in [6.45, 7) is 7.38. The molecular formula is C13H20N2O. The van der Waals surface area contributed by atoms with Gasteiger partial charge >= 0.3 is 0 Å². The minimum absolute atomic E-state index is 0.572. The predicted molar refractivity (Wildman–Crippen MR) is 66.5 cm³/mol. The van der Waals surface area contributed by atoms with Gasteiger partial charge in [0, 0.05) is 17.3 Å². The molecule has 0 aromatic carbocycles. The number of nitrogens with one attached hydrogen (secondary N) is 1. The van der Waals surface area contributed by atoms with Crippen LogP contribution in [0.15, 0.2) is 23.9 Å². The number of allylic oxidation sites excluding steroid dienone is 1. The van der Waals surface area contributed by atoms with Crippen LogP contribution in [-0.2, 0) is 4.79 Å². The Hall–Kier alpha value is -1.38. The molecule has 0 spiro atoms. The first-order chi connectivity index (χ1) is 7.61. The summed E-state index contributed by atoms with van der Waals surface area (Å²) in [5.74, 6) is 0.615. The third-order valence-electron chi connectivity index (χ3n) is 3.00. The number of amidine groups is 1. The Morgan fingerprint density at radius 3 is 2.38 bits per heavy atom. The summed E-state index contributed by atoms with van der Waals surface area (Å²) >= 11 is 0. The first-order valence-corrected chi connectivity index (χ1v) is 5.77. The summed E-state index contributed by atoms with van der Waals surface area (Å²) in [6.07, 6.45) is 7.87. The summed E-state index contributed by atoms with van der Waals surface area (Å²) in [5, 5.41) is 7.88. The standard InChI is InChI=1S/C11H16N2.C2H4O/c1-8-7-9(2)13(11(8)12)10-5-3-4-6-10;1-2-3/h7,10,12H,1,3-6H2,2H3;2H,1H3. The molecule has 0 amide bonds. The molecular weight excluding hydrogens is 200 g/mol. The van der Waals surface area contributed by atoms with E-state index in [-0.39, 0.29) is 0 Å². The van der Waals surface area contributed by atoms with Crippen molar-refractivity contribution in [2.45, 2.75) is 45.6 Å². The molecule has 0 atom stereocenters. The van der Waals surface area contributed by atoms with E-state index in [0.29, 0.717) is 11.9 Å². The van der Waals surface area contributed by atoms with Crippen LogP contribution in [0.5, 0.6) is 0 Å². The van der Waals surface area contributed by atoms with Crippen molar-refractivity contribution in [2.75, 3.05) is 0 Å². The molecule has 3 nitrogen and oxygen atoms in total. The molecule has 0 aromatic rings. The molecule has 2 rings (SSSR count). The number of hydrogen-bond acceptors (Lipinski definition) is 2. The molecule has 1 aliphatic carbocycles. The second-order valence-electron chi connectivity index (χ2n) is 4.20. The molecule has 3 heteroatoms. The molecule has 16 heavy (non-hydrogen) atoms. The average molecular weight is 220 g/mol. The number of hydrogen-bond donors (Lipinski definition) is 1. The maximum atomic E-state index is 8.81. The van der Waals surface area contributed by atoms with Gasteiger partial charge in [-0.25, -0.2) is 0 Å². The number of nitrogens with zero attached hydrogens (tertiary/aromatic N) is 1. The molecule has 0 radical (unpaired) electrons. The van der Waals surface area contributed by atoms with Crippen LogP contribution in [0, 0.1) is 5.41 Å². The van der Waals surface area contributed by atoms with Crippen LogP contribution in [0.1, 0.15) is 39.5 Å². The highest BCUT2D eigenvalue weighted by Crippen LogP contribution is 2.31. The highest BCUT2D eigenvalue weighted by Gasteiger charge is 2.29. The molecule has 1 N–H and O–H groups in total. The number of rotatable bonds is 1. The van der Waals surface area contributed by atoms with E-state index in [0.717, 1.165) is 11.9 Å². The lowest BCUT2D eigenvalue weighted by Crippen LogP contribution is -2.33. The fourth-order valence-corrected chi connectivity index (χ4v) is 2.35. The molecule has 88 valence electrons. The maximum Gasteiger partial charge on any atom is 0.132 e. The molecule has 2 aliphatic rings. The van der Waals surface area contributed by atoms with E-state index >= 15 is 0 Å². The second kappa shape index (κ2) is 5.64. The molecule has 1 fully saturated rings. The van der Waals surface area contributed by atoms with Crippen LogP contribution < -0.4 is 0 Å². The van der Waals surface area contributed by atoms with Gasteiger partial charge in [0.2, 0.25) is 0 Å². The van der Waals surface area contributed by atoms with Gasteiger partial charge in [0.25, 0.3) is 0 Å². The lowest BCUT2D eigenvalue weighted by molar-refractivity contribution is -0.106. The maximum absolute atomic E-state index is 8.81. The SMILES string of the molecule is C=C1C=C(C)N(C2CCCC2)C1=N.CC=O. The van der Waals surface area contributed by atoms with E-state index < -0.39 is 0 Å². The van der Waals surface area contributed by atoms with E-state index in [9.17, 15) is 0 Å². The van der Waals surface area contributed by atoms with Crippen LogP contribution in [0.25, 0.3) is 0 Å². The van der Waals surface area contributed by atoms with Crippen LogP contribution in [-0.4, -0.2) is 23.1 Å². The third kappa shape index (κ3) is 2.60. The number of carbonyl (C=O) groups is 1. The van der Waals surface area contributed by atoms with Gasteiger partial charge in [-0.1, -0.05) is 19.4 Å². The summed E-state index contributed by atoms with van der Waals surface area (Å²) in [5.41, 5.74) is 2.06. The Morgan fingerprint density at radius 1 is 1.50 bits per heavy atom. The minimum atomic E-state index is 0.572. The Bertz CT molecular complexity index is 325. The Labute approximate surface area is 97.3 Å². The highest BCUT2D eigenvalue weighted by molar-refractivity contribution is 6.02. The minimum Gasteiger partial charge on any atom is -0.327 e. The summed E-state index contributed by atoms with van der Waals surface area (Å²) < 4.78 is 0. The Morgan fingerprint density at radius 2 is 2.00 bits per heavy atom. The van der Waals surface area contributed by atoms with E-state index in [1.807, 2.05) is 6.08 Å². The molecule has 1 heterocycles. The zero-order valence-electron chi connectivity index (χ0n) is 10.1. The highest BCUT2D eigenvalue weighted by atomic mass is 16.1. The van der Waals surface area contributed by atoms with Gasteiger partial charge in [0.15, 0.2) is 0 Å². The predicted octanol–water partition coefficient (Wildman–Crippen LogP) is 2.89. The Balaban J connectivity index is 0.000000386. The van der Waals surface area contributed by atoms with Gasteiger partial charge in [-0.2, -0.15) is 0 Å². The van der Waals surface area contributed by atoms with Crippen LogP contribution in [0.4, 0.5) is 0 Å². The summed E-state index contributed by atoms with van der Waals surface area (Å²) in [6, 6.07) is 0.572. The van der Waals surface area contributed by atoms with Gasteiger partial charge < -0.3 is 9.69 Å². The molecule has 0 saturated heterocycles. The van der Waals surface area contributed by atoms with Crippen molar-refractivity contribution in [1.29, 1.82) is 5.41 Å². The van der Waals surface area contributed by atoms with E-state index in [1.165, 1.54) is 38.3 Å². The van der Waals surface area contributed by atoms with Crippen molar-refractivity contribution in [1.82, 2.24) is 4.90 Å². The lowest BCUT2D eigenvalue weighted by Gasteiger charge is -2.27. The van der Waals surface area contributed by atoms with Crippen molar-refractivity contribution in [3.63, 3.8) is 0 Å². The largest absolute Gasteiger partial charge is 0.327 e. The fourth-order valence-electron chi connectivity index (χ4n) is 2.35. The average Bonchev–Trinajstić information content (AvgIpc) is 2.79.